The van der Waals surface area contributed by atoms with E-state index in [1.165, 1.54) is 0 Å². The van der Waals surface area contributed by atoms with Crippen LogP contribution in [0.3, 0.4) is 0 Å². The summed E-state index contributed by atoms with van der Waals surface area (Å²) in [6.07, 6.45) is 0. The number of nitrogens with zero attached hydrogens (tertiary/aromatic N) is 2. The number of phenolic OH excluding ortho intramolecular Hbond substituents is 1. The molecule has 0 aliphatic rings. The first-order valence-electron chi connectivity index (χ1n) is 6.92. The maximum Gasteiger partial charge on any atom is 0.181 e. The number of anilines is 1. The number of aromatic hydroxyl groups is 1. The largest absolute Gasteiger partial charge is 0.504 e. The molecule has 3 rings (SSSR count). The Morgan fingerprint density at radius 1 is 1.14 bits per heavy atom. The van der Waals surface area contributed by atoms with Gasteiger partial charge in [-0.2, -0.15) is 5.10 Å². The van der Waals surface area contributed by atoms with Gasteiger partial charge in [0, 0.05) is 16.8 Å². The molecule has 0 bridgehead atoms. The molecule has 0 radical (unpaired) electrons. The second-order valence-electron chi connectivity index (χ2n) is 4.75. The molecule has 22 heavy (non-hydrogen) atoms. The van der Waals surface area contributed by atoms with Crippen molar-refractivity contribution in [1.82, 2.24) is 15.2 Å². The first-order valence-corrected chi connectivity index (χ1v) is 6.92. The van der Waals surface area contributed by atoms with Gasteiger partial charge in [-0.25, -0.2) is 4.98 Å². The van der Waals surface area contributed by atoms with Crippen LogP contribution < -0.4 is 10.5 Å². The Balaban J connectivity index is 1.93. The van der Waals surface area contributed by atoms with Crippen LogP contribution in [0.4, 0.5) is 5.69 Å². The second-order valence-corrected chi connectivity index (χ2v) is 4.75. The molecule has 0 unspecified atom stereocenters. The number of nitrogens with one attached hydrogen (secondary N) is 1. The van der Waals surface area contributed by atoms with Gasteiger partial charge >= 0.3 is 0 Å². The molecular formula is C16H16N4O2. The average Bonchev–Trinajstić information content (AvgIpc) is 3.00. The first-order chi connectivity index (χ1) is 10.7. The molecule has 4 N–H and O–H groups in total. The molecule has 0 spiro atoms. The third-order valence-electron chi connectivity index (χ3n) is 3.19. The van der Waals surface area contributed by atoms with Crippen LogP contribution in [0, 0.1) is 0 Å². The summed E-state index contributed by atoms with van der Waals surface area (Å²) < 4.78 is 5.37. The number of H-pyrrole nitrogens is 1. The van der Waals surface area contributed by atoms with E-state index in [9.17, 15) is 5.11 Å². The highest BCUT2D eigenvalue weighted by molar-refractivity contribution is 5.65. The number of rotatable bonds is 4. The van der Waals surface area contributed by atoms with Crippen molar-refractivity contribution in [2.75, 3.05) is 12.3 Å². The Bertz CT molecular complexity index is 781. The third-order valence-corrected chi connectivity index (χ3v) is 3.19. The summed E-state index contributed by atoms with van der Waals surface area (Å²) in [4.78, 5) is 4.47. The van der Waals surface area contributed by atoms with E-state index >= 15 is 0 Å². The minimum Gasteiger partial charge on any atom is -0.504 e. The van der Waals surface area contributed by atoms with E-state index in [0.29, 0.717) is 29.7 Å². The summed E-state index contributed by atoms with van der Waals surface area (Å²) in [5, 5.41) is 16.8. The van der Waals surface area contributed by atoms with E-state index in [4.69, 9.17) is 10.5 Å². The highest BCUT2D eigenvalue weighted by Crippen LogP contribution is 2.31. The van der Waals surface area contributed by atoms with Gasteiger partial charge in [-0.3, -0.25) is 5.10 Å². The molecule has 0 atom stereocenters. The zero-order chi connectivity index (χ0) is 15.5. The number of hydrogen-bond acceptors (Lipinski definition) is 5. The number of nitrogens with two attached hydrogens (primary N) is 1. The summed E-state index contributed by atoms with van der Waals surface area (Å²) in [6.45, 7) is 2.33. The minimum absolute atomic E-state index is 0.0971. The fourth-order valence-electron chi connectivity index (χ4n) is 2.09. The number of aromatic amines is 1. The van der Waals surface area contributed by atoms with E-state index < -0.39 is 0 Å². The van der Waals surface area contributed by atoms with Crippen molar-refractivity contribution in [3.05, 3.63) is 42.5 Å². The Kier molecular flexibility index (Phi) is 3.65. The van der Waals surface area contributed by atoms with Crippen molar-refractivity contribution in [2.24, 2.45) is 0 Å². The number of aromatic nitrogens is 3. The summed E-state index contributed by atoms with van der Waals surface area (Å²) in [6, 6.07) is 12.4. The van der Waals surface area contributed by atoms with Crippen molar-refractivity contribution in [1.29, 1.82) is 0 Å². The van der Waals surface area contributed by atoms with Crippen molar-refractivity contribution < 1.29 is 9.84 Å². The standard InChI is InChI=1S/C16H16N4O2/c1-2-22-14-9-11(5-8-13(14)21)16-18-15(19-20-16)10-3-6-12(17)7-4-10/h3-9,21H,2,17H2,1H3,(H,18,19,20). The lowest BCUT2D eigenvalue weighted by Gasteiger charge is -2.06. The van der Waals surface area contributed by atoms with E-state index in [2.05, 4.69) is 15.2 Å². The minimum atomic E-state index is 0.0971. The third kappa shape index (κ3) is 2.71. The van der Waals surface area contributed by atoms with Crippen LogP contribution in [0.5, 0.6) is 11.5 Å². The molecule has 0 fully saturated rings. The molecule has 6 nitrogen and oxygen atoms in total. The van der Waals surface area contributed by atoms with Crippen molar-refractivity contribution >= 4 is 5.69 Å². The van der Waals surface area contributed by atoms with Crippen molar-refractivity contribution in [3.8, 4) is 34.3 Å². The first kappa shape index (κ1) is 13.9. The highest BCUT2D eigenvalue weighted by Gasteiger charge is 2.11. The van der Waals surface area contributed by atoms with Gasteiger partial charge in [0.15, 0.2) is 23.1 Å². The molecule has 2 aromatic carbocycles. The van der Waals surface area contributed by atoms with Gasteiger partial charge in [0.1, 0.15) is 0 Å². The molecule has 1 heterocycles. The monoisotopic (exact) mass is 296 g/mol. The molecule has 6 heteroatoms. The number of benzene rings is 2. The zero-order valence-electron chi connectivity index (χ0n) is 12.1. The molecule has 1 aromatic heterocycles. The van der Waals surface area contributed by atoms with E-state index in [-0.39, 0.29) is 5.75 Å². The smallest absolute Gasteiger partial charge is 0.181 e. The van der Waals surface area contributed by atoms with E-state index in [0.717, 1.165) is 11.1 Å². The number of hydrogen-bond donors (Lipinski definition) is 3. The van der Waals surface area contributed by atoms with Crippen LogP contribution in [0.25, 0.3) is 22.8 Å². The van der Waals surface area contributed by atoms with Crippen LogP contribution in [0.15, 0.2) is 42.5 Å². The summed E-state index contributed by atoms with van der Waals surface area (Å²) in [5.74, 6) is 1.70. The molecular weight excluding hydrogens is 280 g/mol. The predicted octanol–water partition coefficient (Wildman–Crippen LogP) is 2.83. The van der Waals surface area contributed by atoms with Crippen LogP contribution in [-0.4, -0.2) is 26.9 Å². The van der Waals surface area contributed by atoms with Crippen LogP contribution in [0.2, 0.25) is 0 Å². The Hall–Kier alpha value is -3.02. The van der Waals surface area contributed by atoms with Crippen LogP contribution in [-0.2, 0) is 0 Å². The van der Waals surface area contributed by atoms with E-state index in [1.807, 2.05) is 31.2 Å². The lowest BCUT2D eigenvalue weighted by molar-refractivity contribution is 0.318. The Labute approximate surface area is 127 Å². The lowest BCUT2D eigenvalue weighted by atomic mass is 10.2. The Morgan fingerprint density at radius 2 is 1.86 bits per heavy atom. The van der Waals surface area contributed by atoms with Gasteiger partial charge < -0.3 is 15.6 Å². The van der Waals surface area contributed by atoms with Crippen LogP contribution in [0.1, 0.15) is 6.92 Å². The van der Waals surface area contributed by atoms with Crippen molar-refractivity contribution in [3.63, 3.8) is 0 Å². The lowest BCUT2D eigenvalue weighted by Crippen LogP contribution is -1.92. The topological polar surface area (TPSA) is 97.0 Å². The van der Waals surface area contributed by atoms with Gasteiger partial charge in [-0.05, 0) is 49.4 Å². The molecule has 112 valence electrons. The predicted molar refractivity (Wildman–Crippen MR) is 84.5 cm³/mol. The van der Waals surface area contributed by atoms with E-state index in [1.54, 1.807) is 18.2 Å². The van der Waals surface area contributed by atoms with Gasteiger partial charge in [-0.15, -0.1) is 0 Å². The number of nitrogen functional groups attached to an aromatic ring is 1. The second kappa shape index (κ2) is 5.77. The molecule has 0 saturated carbocycles. The fourth-order valence-corrected chi connectivity index (χ4v) is 2.09. The maximum absolute atomic E-state index is 9.74. The fraction of sp³-hybridized carbons (Fsp3) is 0.125. The summed E-state index contributed by atoms with van der Waals surface area (Å²) in [7, 11) is 0. The molecule has 0 aliphatic heterocycles. The number of phenols is 1. The maximum atomic E-state index is 9.74. The molecule has 0 aliphatic carbocycles. The molecule has 0 saturated heterocycles. The molecule has 0 amide bonds. The number of ether oxygens (including phenoxy) is 1. The van der Waals surface area contributed by atoms with Crippen molar-refractivity contribution in [2.45, 2.75) is 6.92 Å². The summed E-state index contributed by atoms with van der Waals surface area (Å²) in [5.41, 5.74) is 8.04. The normalized spacial score (nSPS) is 10.6. The van der Waals surface area contributed by atoms with Crippen LogP contribution >= 0.6 is 0 Å². The van der Waals surface area contributed by atoms with Gasteiger partial charge in [0.2, 0.25) is 0 Å². The van der Waals surface area contributed by atoms with Gasteiger partial charge in [0.05, 0.1) is 6.61 Å². The van der Waals surface area contributed by atoms with Gasteiger partial charge in [0.25, 0.3) is 0 Å². The molecule has 3 aromatic rings. The SMILES string of the molecule is CCOc1cc(-c2n[nH]c(-c3ccc(N)cc3)n2)ccc1O. The quantitative estimate of drug-likeness (QED) is 0.643. The summed E-state index contributed by atoms with van der Waals surface area (Å²) >= 11 is 0. The highest BCUT2D eigenvalue weighted by atomic mass is 16.5. The zero-order valence-corrected chi connectivity index (χ0v) is 12.1. The van der Waals surface area contributed by atoms with Gasteiger partial charge in [-0.1, -0.05) is 0 Å². The average molecular weight is 296 g/mol. The Morgan fingerprint density at radius 3 is 2.59 bits per heavy atom.